The highest BCUT2D eigenvalue weighted by Gasteiger charge is 2.08. The zero-order valence-corrected chi connectivity index (χ0v) is 16.7. The Balaban J connectivity index is 1.88. The quantitative estimate of drug-likeness (QED) is 0.546. The van der Waals surface area contributed by atoms with Crippen molar-refractivity contribution in [3.63, 3.8) is 0 Å². The van der Waals surface area contributed by atoms with E-state index in [1.165, 1.54) is 0 Å². The molecule has 6 nitrogen and oxygen atoms in total. The molecule has 3 aromatic rings. The average molecular weight is 364 g/mol. The third-order valence-electron chi connectivity index (χ3n) is 4.43. The van der Waals surface area contributed by atoms with E-state index < -0.39 is 0 Å². The monoisotopic (exact) mass is 364 g/mol. The van der Waals surface area contributed by atoms with Crippen LogP contribution < -0.4 is 16.0 Å². The van der Waals surface area contributed by atoms with Crippen molar-refractivity contribution < 1.29 is 0 Å². The van der Waals surface area contributed by atoms with Crippen LogP contribution in [0.2, 0.25) is 0 Å². The molecule has 0 spiro atoms. The zero-order valence-electron chi connectivity index (χ0n) is 16.7. The van der Waals surface area contributed by atoms with Gasteiger partial charge in [-0.15, -0.1) is 0 Å². The number of nitrogens with zero attached hydrogens (tertiary/aromatic N) is 3. The van der Waals surface area contributed by atoms with E-state index >= 15 is 0 Å². The molecule has 0 aliphatic carbocycles. The summed E-state index contributed by atoms with van der Waals surface area (Å²) >= 11 is 0. The van der Waals surface area contributed by atoms with Crippen molar-refractivity contribution >= 4 is 34.0 Å². The number of pyridine rings is 1. The number of benzene rings is 1. The molecule has 6 heteroatoms. The smallest absolute Gasteiger partial charge is 0.225 e. The maximum Gasteiger partial charge on any atom is 0.225 e. The van der Waals surface area contributed by atoms with Gasteiger partial charge in [0.25, 0.3) is 0 Å². The maximum absolute atomic E-state index is 4.62. The Hall–Kier alpha value is -2.89. The lowest BCUT2D eigenvalue weighted by atomic mass is 10.1. The van der Waals surface area contributed by atoms with Crippen LogP contribution in [-0.4, -0.2) is 28.0 Å². The van der Waals surface area contributed by atoms with Gasteiger partial charge >= 0.3 is 0 Å². The van der Waals surface area contributed by atoms with E-state index in [0.29, 0.717) is 12.0 Å². The first kappa shape index (κ1) is 18.9. The van der Waals surface area contributed by atoms with E-state index in [2.05, 4.69) is 56.9 Å². The van der Waals surface area contributed by atoms with Gasteiger partial charge in [-0.2, -0.15) is 4.98 Å². The number of hydrogen-bond donors (Lipinski definition) is 3. The fourth-order valence-corrected chi connectivity index (χ4v) is 3.21. The summed E-state index contributed by atoms with van der Waals surface area (Å²) < 4.78 is 0. The number of anilines is 4. The first-order valence-electron chi connectivity index (χ1n) is 9.47. The second kappa shape index (κ2) is 8.20. The van der Waals surface area contributed by atoms with Crippen molar-refractivity contribution in [1.82, 2.24) is 15.0 Å². The van der Waals surface area contributed by atoms with Crippen molar-refractivity contribution in [2.24, 2.45) is 0 Å². The van der Waals surface area contributed by atoms with Gasteiger partial charge in [0.1, 0.15) is 5.82 Å². The molecule has 3 rings (SSSR count). The molecule has 0 bridgehead atoms. The predicted octanol–water partition coefficient (Wildman–Crippen LogP) is 5.03. The average Bonchev–Trinajstić information content (AvgIpc) is 2.61. The first-order valence-corrected chi connectivity index (χ1v) is 9.47. The second-order valence-corrected chi connectivity index (χ2v) is 6.97. The largest absolute Gasteiger partial charge is 0.388 e. The van der Waals surface area contributed by atoms with E-state index in [9.17, 15) is 0 Å². The molecule has 27 heavy (non-hydrogen) atoms. The molecule has 2 heterocycles. The molecule has 0 aliphatic heterocycles. The molecule has 0 saturated heterocycles. The Morgan fingerprint density at radius 2 is 1.78 bits per heavy atom. The molecule has 2 aromatic heterocycles. The van der Waals surface area contributed by atoms with Gasteiger partial charge in [-0.3, -0.25) is 4.98 Å². The molecule has 3 N–H and O–H groups in total. The summed E-state index contributed by atoms with van der Waals surface area (Å²) in [6, 6.07) is 10.5. The van der Waals surface area contributed by atoms with Crippen LogP contribution in [0.3, 0.4) is 0 Å². The molecule has 0 aliphatic rings. The number of rotatable bonds is 7. The summed E-state index contributed by atoms with van der Waals surface area (Å²) in [7, 11) is 1.93. The topological polar surface area (TPSA) is 74.8 Å². The normalized spacial score (nSPS) is 12.0. The van der Waals surface area contributed by atoms with Gasteiger partial charge in [0, 0.05) is 47.3 Å². The summed E-state index contributed by atoms with van der Waals surface area (Å²) in [4.78, 5) is 13.7. The van der Waals surface area contributed by atoms with Gasteiger partial charge in [-0.1, -0.05) is 13.3 Å². The van der Waals surface area contributed by atoms with Gasteiger partial charge in [0.05, 0.1) is 5.52 Å². The van der Waals surface area contributed by atoms with Gasteiger partial charge in [-0.05, 0) is 51.5 Å². The molecule has 0 amide bonds. The van der Waals surface area contributed by atoms with Crippen molar-refractivity contribution in [1.29, 1.82) is 0 Å². The van der Waals surface area contributed by atoms with Crippen LogP contribution in [0.25, 0.3) is 10.9 Å². The molecule has 1 atom stereocenters. The van der Waals surface area contributed by atoms with Crippen molar-refractivity contribution in [3.05, 3.63) is 41.7 Å². The van der Waals surface area contributed by atoms with Crippen molar-refractivity contribution in [2.75, 3.05) is 23.0 Å². The van der Waals surface area contributed by atoms with E-state index in [-0.39, 0.29) is 0 Å². The van der Waals surface area contributed by atoms with Crippen LogP contribution in [0.5, 0.6) is 0 Å². The van der Waals surface area contributed by atoms with Crippen LogP contribution in [0.15, 0.2) is 30.3 Å². The Morgan fingerprint density at radius 1 is 1.00 bits per heavy atom. The molecule has 0 fully saturated rings. The Bertz CT molecular complexity index is 937. The Kier molecular flexibility index (Phi) is 5.74. The lowest BCUT2D eigenvalue weighted by Crippen LogP contribution is -2.17. The van der Waals surface area contributed by atoms with Gasteiger partial charge in [0.15, 0.2) is 0 Å². The Morgan fingerprint density at radius 3 is 2.52 bits per heavy atom. The molecule has 0 radical (unpaired) electrons. The van der Waals surface area contributed by atoms with Crippen LogP contribution in [-0.2, 0) is 0 Å². The molecule has 142 valence electrons. The van der Waals surface area contributed by atoms with Gasteiger partial charge in [0.2, 0.25) is 5.95 Å². The summed E-state index contributed by atoms with van der Waals surface area (Å²) in [6.45, 7) is 8.32. The lowest BCUT2D eigenvalue weighted by Gasteiger charge is -2.15. The molecular formula is C21H28N6. The highest BCUT2D eigenvalue weighted by molar-refractivity contribution is 5.94. The van der Waals surface area contributed by atoms with Crippen LogP contribution in [0.1, 0.15) is 38.1 Å². The van der Waals surface area contributed by atoms with E-state index in [1.54, 1.807) is 0 Å². The number of aryl methyl sites for hydroxylation is 2. The Labute approximate surface area is 160 Å². The molecular weight excluding hydrogens is 336 g/mol. The number of aromatic nitrogens is 3. The maximum atomic E-state index is 4.62. The van der Waals surface area contributed by atoms with Crippen molar-refractivity contribution in [2.45, 2.75) is 46.6 Å². The fourth-order valence-electron chi connectivity index (χ4n) is 3.21. The van der Waals surface area contributed by atoms with Gasteiger partial charge < -0.3 is 16.0 Å². The van der Waals surface area contributed by atoms with E-state index in [1.807, 2.05) is 39.1 Å². The molecule has 0 saturated carbocycles. The summed E-state index contributed by atoms with van der Waals surface area (Å²) in [5, 5.41) is 11.1. The first-order chi connectivity index (χ1) is 13.0. The summed E-state index contributed by atoms with van der Waals surface area (Å²) in [6.07, 6.45) is 2.22. The standard InChI is InChI=1S/C21H28N6/c1-6-7-13(2)24-21-25-15(4)11-20(27-21)26-16-8-9-18-17(12-16)19(22-5)10-14(3)23-18/h8-13H,6-7H2,1-5H3,(H,22,23)(H2,24,25,26,27). The van der Waals surface area contributed by atoms with Crippen LogP contribution >= 0.6 is 0 Å². The van der Waals surface area contributed by atoms with Gasteiger partial charge in [-0.25, -0.2) is 4.98 Å². The second-order valence-electron chi connectivity index (χ2n) is 6.97. The van der Waals surface area contributed by atoms with E-state index in [4.69, 9.17) is 0 Å². The van der Waals surface area contributed by atoms with Crippen LogP contribution in [0.4, 0.5) is 23.1 Å². The fraction of sp³-hybridized carbons (Fsp3) is 0.381. The minimum absolute atomic E-state index is 0.345. The highest BCUT2D eigenvalue weighted by Crippen LogP contribution is 2.27. The summed E-state index contributed by atoms with van der Waals surface area (Å²) in [5.74, 6) is 1.44. The zero-order chi connectivity index (χ0) is 19.4. The highest BCUT2D eigenvalue weighted by atomic mass is 15.2. The third-order valence-corrected chi connectivity index (χ3v) is 4.43. The van der Waals surface area contributed by atoms with Crippen LogP contribution in [0, 0.1) is 13.8 Å². The predicted molar refractivity (Wildman–Crippen MR) is 114 cm³/mol. The lowest BCUT2D eigenvalue weighted by molar-refractivity contribution is 0.683. The molecule has 1 unspecified atom stereocenters. The number of fused-ring (bicyclic) bond motifs is 1. The minimum atomic E-state index is 0.345. The number of hydrogen-bond acceptors (Lipinski definition) is 6. The number of nitrogens with one attached hydrogen (secondary N) is 3. The molecule has 1 aromatic carbocycles. The third kappa shape index (κ3) is 4.64. The van der Waals surface area contributed by atoms with Crippen molar-refractivity contribution in [3.8, 4) is 0 Å². The van der Waals surface area contributed by atoms with E-state index in [0.717, 1.165) is 52.3 Å². The summed E-state index contributed by atoms with van der Waals surface area (Å²) in [5.41, 5.74) is 4.93. The SMILES string of the molecule is CCCC(C)Nc1nc(C)cc(Nc2ccc3nc(C)cc(NC)c3c2)n1. The minimum Gasteiger partial charge on any atom is -0.388 e.